The van der Waals surface area contributed by atoms with Gasteiger partial charge in [-0.05, 0) is 0 Å². The van der Waals surface area contributed by atoms with Gasteiger partial charge in [-0.25, -0.2) is 12.1 Å². The minimum absolute atomic E-state index is 0. The van der Waals surface area contributed by atoms with Gasteiger partial charge in [0.15, 0.2) is 0 Å². The molecule has 0 bridgehead atoms. The molecule has 0 aliphatic heterocycles. The van der Waals surface area contributed by atoms with Crippen molar-refractivity contribution in [1.82, 2.24) is 0 Å². The number of halogens is 2. The number of hydrogen-bond donors (Lipinski definition) is 0. The molecule has 1 aromatic rings. The van der Waals surface area contributed by atoms with Crippen LogP contribution in [0.4, 0.5) is 0 Å². The fraction of sp³-hybridized carbons (Fsp3) is 0.375. The molecule has 0 saturated heterocycles. The average Bonchev–Trinajstić information content (AvgIpc) is 2.62. The summed E-state index contributed by atoms with van der Waals surface area (Å²) in [5.74, 6) is 0. The van der Waals surface area contributed by atoms with Crippen LogP contribution in [0.15, 0.2) is 24.3 Å². The average molecular weight is 435 g/mol. The first-order valence-electron chi connectivity index (χ1n) is 3.66. The molecule has 0 atom stereocenters. The van der Waals surface area contributed by atoms with Crippen molar-refractivity contribution < 1.29 is 63.9 Å². The molecule has 0 heterocycles. The minimum Gasteiger partial charge on any atom is -1.00 e. The summed E-state index contributed by atoms with van der Waals surface area (Å²) in [6.07, 6.45) is 0. The zero-order chi connectivity index (χ0) is 9.03. The molecule has 1 aromatic carbocycles. The normalized spacial score (nSPS) is 9.53. The first-order chi connectivity index (χ1) is 5.79. The van der Waals surface area contributed by atoms with Crippen molar-refractivity contribution in [1.29, 1.82) is 0 Å². The molecule has 0 aromatic heterocycles. The predicted octanol–water partition coefficient (Wildman–Crippen LogP) is -5.50. The molecule has 0 unspecified atom stereocenters. The van der Waals surface area contributed by atoms with E-state index in [-0.39, 0.29) is 50.7 Å². The van der Waals surface area contributed by atoms with Gasteiger partial charge in [0.05, 0.1) is 0 Å². The van der Waals surface area contributed by atoms with E-state index in [0.717, 1.165) is 5.19 Å². The molecule has 15 heavy (non-hydrogen) atoms. The van der Waals surface area contributed by atoms with Gasteiger partial charge in [0.25, 0.3) is 0 Å². The van der Waals surface area contributed by atoms with Crippen LogP contribution in [-0.2, 0) is 39.1 Å². The maximum absolute atomic E-state index is 5.28. The Labute approximate surface area is 123 Å². The minimum atomic E-state index is -2.54. The predicted molar refractivity (Wildman–Crippen MR) is 48.5 cm³/mol. The van der Waals surface area contributed by atoms with E-state index < -0.39 is 8.80 Å². The fourth-order valence-electron chi connectivity index (χ4n) is 1.18. The van der Waals surface area contributed by atoms with E-state index in [1.54, 1.807) is 21.3 Å². The van der Waals surface area contributed by atoms with Gasteiger partial charge in [-0.2, -0.15) is 12.1 Å². The summed E-state index contributed by atoms with van der Waals surface area (Å²) in [5, 5.41) is 0.995. The summed E-state index contributed by atoms with van der Waals surface area (Å²) < 4.78 is 15.8. The molecular formula is C8H13Cl2HfO3Si-3. The van der Waals surface area contributed by atoms with Crippen molar-refractivity contribution >= 4 is 14.0 Å². The molecule has 0 N–H and O–H groups in total. The maximum atomic E-state index is 5.28. The molecule has 0 fully saturated rings. The van der Waals surface area contributed by atoms with Crippen molar-refractivity contribution in [2.75, 3.05) is 21.3 Å². The van der Waals surface area contributed by atoms with E-state index in [0.29, 0.717) is 0 Å². The Bertz CT molecular complexity index is 222. The Morgan fingerprint density at radius 2 is 1.20 bits per heavy atom. The number of hydrogen-bond acceptors (Lipinski definition) is 3. The zero-order valence-electron chi connectivity index (χ0n) is 8.79. The second-order valence-corrected chi connectivity index (χ2v) is 5.26. The molecule has 1 rings (SSSR count). The van der Waals surface area contributed by atoms with Crippen LogP contribution in [0.25, 0.3) is 0 Å². The molecule has 0 aliphatic carbocycles. The van der Waals surface area contributed by atoms with Crippen LogP contribution >= 0.6 is 0 Å². The van der Waals surface area contributed by atoms with Crippen LogP contribution in [0.1, 0.15) is 0 Å². The van der Waals surface area contributed by atoms with Crippen LogP contribution in [0.5, 0.6) is 0 Å². The first kappa shape index (κ1) is 21.2. The summed E-state index contributed by atoms with van der Waals surface area (Å²) in [4.78, 5) is 0. The molecule has 7 heteroatoms. The van der Waals surface area contributed by atoms with Gasteiger partial charge in [0, 0.05) is 47.2 Å². The van der Waals surface area contributed by atoms with Crippen LogP contribution in [0, 0.1) is 0 Å². The van der Waals surface area contributed by atoms with Gasteiger partial charge in [-0.3, -0.25) is 0 Å². The van der Waals surface area contributed by atoms with Crippen molar-refractivity contribution in [3.05, 3.63) is 24.3 Å². The quantitative estimate of drug-likeness (QED) is 0.350. The van der Waals surface area contributed by atoms with Gasteiger partial charge in [0.2, 0.25) is 0 Å². The summed E-state index contributed by atoms with van der Waals surface area (Å²) in [5.41, 5.74) is 0. The molecule has 3 nitrogen and oxygen atoms in total. The maximum Gasteiger partial charge on any atom is 0.468 e. The van der Waals surface area contributed by atoms with Crippen LogP contribution < -0.4 is 30.0 Å². The third-order valence-electron chi connectivity index (χ3n) is 1.82. The molecule has 0 saturated carbocycles. The Morgan fingerprint density at radius 1 is 0.867 bits per heavy atom. The summed E-state index contributed by atoms with van der Waals surface area (Å²) >= 11 is 0. The third-order valence-corrected chi connectivity index (χ3v) is 4.48. The van der Waals surface area contributed by atoms with Crippen LogP contribution in [0.2, 0.25) is 0 Å². The van der Waals surface area contributed by atoms with E-state index in [2.05, 4.69) is 0 Å². The van der Waals surface area contributed by atoms with Crippen molar-refractivity contribution in [3.8, 4) is 0 Å². The van der Waals surface area contributed by atoms with Crippen LogP contribution in [0.3, 0.4) is 0 Å². The summed E-state index contributed by atoms with van der Waals surface area (Å²) in [7, 11) is 2.27. The Morgan fingerprint density at radius 3 is 1.47 bits per heavy atom. The van der Waals surface area contributed by atoms with E-state index in [4.69, 9.17) is 13.3 Å². The topological polar surface area (TPSA) is 27.7 Å². The van der Waals surface area contributed by atoms with Gasteiger partial charge < -0.3 is 38.1 Å². The molecule has 0 radical (unpaired) electrons. The Balaban J connectivity index is -0.000000480. The van der Waals surface area contributed by atoms with Crippen molar-refractivity contribution in [2.45, 2.75) is 0 Å². The number of rotatable bonds is 4. The van der Waals surface area contributed by atoms with E-state index in [1.165, 1.54) is 0 Å². The fourth-order valence-corrected chi connectivity index (χ4v) is 2.99. The Hall–Kier alpha value is 0.897. The SMILES string of the molecule is CO[Si](OC)(OC)[c-]1cccc1.[Cl-].[Cl-].[Hf]. The second-order valence-electron chi connectivity index (χ2n) is 2.34. The van der Waals surface area contributed by atoms with Crippen molar-refractivity contribution in [3.63, 3.8) is 0 Å². The zero-order valence-corrected chi connectivity index (χ0v) is 14.9. The molecule has 0 spiro atoms. The largest absolute Gasteiger partial charge is 1.00 e. The second kappa shape index (κ2) is 10.1. The van der Waals surface area contributed by atoms with Crippen molar-refractivity contribution in [2.24, 2.45) is 0 Å². The third kappa shape index (κ3) is 4.73. The van der Waals surface area contributed by atoms with Gasteiger partial charge in [0.1, 0.15) is 0 Å². The van der Waals surface area contributed by atoms with E-state index in [9.17, 15) is 0 Å². The summed E-state index contributed by atoms with van der Waals surface area (Å²) in [6, 6.07) is 7.77. The van der Waals surface area contributed by atoms with Gasteiger partial charge >= 0.3 is 8.80 Å². The van der Waals surface area contributed by atoms with Gasteiger partial charge in [-0.15, -0.1) is 0 Å². The van der Waals surface area contributed by atoms with E-state index >= 15 is 0 Å². The monoisotopic (exact) mass is 435 g/mol. The van der Waals surface area contributed by atoms with Gasteiger partial charge in [-0.1, -0.05) is 5.19 Å². The molecule has 0 aliphatic rings. The Kier molecular flexibility index (Phi) is 14.2. The van der Waals surface area contributed by atoms with E-state index in [1.807, 2.05) is 24.3 Å². The van der Waals surface area contributed by atoms with Crippen LogP contribution in [-0.4, -0.2) is 30.1 Å². The smallest absolute Gasteiger partial charge is 0.468 e. The summed E-state index contributed by atoms with van der Waals surface area (Å²) in [6.45, 7) is 0. The first-order valence-corrected chi connectivity index (χ1v) is 5.39. The molecule has 88 valence electrons. The molecule has 0 amide bonds. The molecular weight excluding hydrogens is 422 g/mol. The standard InChI is InChI=1S/C8H13O3Si.2ClH.Hf/c1-9-12(10-2,11-3)8-6-4-5-7-8;;;/h4-7H,1-3H3;2*1H;/q-1;;;/p-2.